The topological polar surface area (TPSA) is 28.1 Å². The molecule has 0 aliphatic heterocycles. The first-order valence-electron chi connectivity index (χ1n) is 4.92. The maximum Gasteiger partial charge on any atom is 0.205 e. The summed E-state index contributed by atoms with van der Waals surface area (Å²) in [7, 11) is 0. The minimum Gasteiger partial charge on any atom is -0.237 e. The smallest absolute Gasteiger partial charge is 0.205 e. The summed E-state index contributed by atoms with van der Waals surface area (Å²) in [6.45, 7) is 6.92. The molecule has 0 heterocycles. The highest BCUT2D eigenvalue weighted by atomic mass is 35.5. The van der Waals surface area contributed by atoms with Gasteiger partial charge in [-0.3, -0.25) is 0 Å². The zero-order chi connectivity index (χ0) is 12.3. The van der Waals surface area contributed by atoms with E-state index in [4.69, 9.17) is 23.4 Å². The van der Waals surface area contributed by atoms with Gasteiger partial charge in [-0.2, -0.15) is 5.26 Å². The molecule has 0 amide bonds. The van der Waals surface area contributed by atoms with Crippen LogP contribution in [0.3, 0.4) is 0 Å². The van der Waals surface area contributed by atoms with E-state index in [0.717, 1.165) is 11.1 Å². The molecule has 3 heteroatoms. The van der Waals surface area contributed by atoms with Crippen LogP contribution in [0, 0.1) is 17.9 Å². The summed E-state index contributed by atoms with van der Waals surface area (Å²) in [4.78, 5) is 3.31. The fraction of sp³-hybridized carbons (Fsp3) is 0. The largest absolute Gasteiger partial charge is 0.237 e. The van der Waals surface area contributed by atoms with Crippen molar-refractivity contribution in [3.8, 4) is 17.2 Å². The first-order chi connectivity index (χ1) is 8.24. The number of hydrogen-bond donors (Lipinski definition) is 0. The van der Waals surface area contributed by atoms with Crippen LogP contribution in [0.4, 0.5) is 5.69 Å². The zero-order valence-corrected chi connectivity index (χ0v) is 9.57. The fourth-order valence-electron chi connectivity index (χ4n) is 1.51. The minimum atomic E-state index is 0.446. The Morgan fingerprint density at radius 3 is 2.24 bits per heavy atom. The van der Waals surface area contributed by atoms with E-state index >= 15 is 0 Å². The SMILES string of the molecule is [C-]#[N+]c1ccc(-c2ccc(C#N)cc2)cc1Cl. The molecule has 0 saturated carbocycles. The fourth-order valence-corrected chi connectivity index (χ4v) is 1.74. The van der Waals surface area contributed by atoms with E-state index in [1.807, 2.05) is 18.2 Å². The maximum atomic E-state index is 8.71. The molecular weight excluding hydrogens is 232 g/mol. The highest BCUT2D eigenvalue weighted by Gasteiger charge is 2.03. The molecule has 80 valence electrons. The third-order valence-corrected chi connectivity index (χ3v) is 2.72. The van der Waals surface area contributed by atoms with Gasteiger partial charge in [0, 0.05) is 5.02 Å². The first kappa shape index (κ1) is 11.2. The average molecular weight is 239 g/mol. The van der Waals surface area contributed by atoms with Crippen molar-refractivity contribution >= 4 is 17.3 Å². The predicted molar refractivity (Wildman–Crippen MR) is 67.9 cm³/mol. The Morgan fingerprint density at radius 2 is 1.71 bits per heavy atom. The summed E-state index contributed by atoms with van der Waals surface area (Å²) in [6, 6.07) is 14.6. The standard InChI is InChI=1S/C14H7ClN2/c1-17-14-7-6-12(8-13(14)15)11-4-2-10(9-16)3-5-11/h2-8H. The lowest BCUT2D eigenvalue weighted by Gasteiger charge is -2.03. The van der Waals surface area contributed by atoms with Crippen LogP contribution in [-0.2, 0) is 0 Å². The van der Waals surface area contributed by atoms with Crippen LogP contribution in [0.15, 0.2) is 42.5 Å². The molecule has 0 radical (unpaired) electrons. The number of halogens is 1. The van der Waals surface area contributed by atoms with Crippen molar-refractivity contribution in [2.24, 2.45) is 0 Å². The summed E-state index contributed by atoms with van der Waals surface area (Å²) >= 11 is 5.97. The molecule has 2 nitrogen and oxygen atoms in total. The third kappa shape index (κ3) is 2.28. The van der Waals surface area contributed by atoms with Crippen LogP contribution in [0.1, 0.15) is 5.56 Å². The Labute approximate surface area is 105 Å². The lowest BCUT2D eigenvalue weighted by Crippen LogP contribution is -1.79. The van der Waals surface area contributed by atoms with Crippen LogP contribution in [-0.4, -0.2) is 0 Å². The lowest BCUT2D eigenvalue weighted by atomic mass is 10.0. The lowest BCUT2D eigenvalue weighted by molar-refractivity contribution is 1.48. The zero-order valence-electron chi connectivity index (χ0n) is 8.81. The highest BCUT2D eigenvalue weighted by molar-refractivity contribution is 6.33. The van der Waals surface area contributed by atoms with Crippen molar-refractivity contribution in [3.63, 3.8) is 0 Å². The van der Waals surface area contributed by atoms with Crippen LogP contribution in [0.5, 0.6) is 0 Å². The van der Waals surface area contributed by atoms with E-state index in [9.17, 15) is 0 Å². The Hall–Kier alpha value is -2.29. The van der Waals surface area contributed by atoms with Crippen molar-refractivity contribution in [1.82, 2.24) is 0 Å². The molecule has 0 aliphatic rings. The summed E-state index contributed by atoms with van der Waals surface area (Å²) in [6.07, 6.45) is 0. The van der Waals surface area contributed by atoms with Crippen LogP contribution >= 0.6 is 11.6 Å². The highest BCUT2D eigenvalue weighted by Crippen LogP contribution is 2.30. The van der Waals surface area contributed by atoms with Gasteiger partial charge in [-0.05, 0) is 29.3 Å². The molecule has 0 fully saturated rings. The second-order valence-electron chi connectivity index (χ2n) is 3.47. The molecule has 0 spiro atoms. The molecule has 2 rings (SSSR count). The molecule has 0 atom stereocenters. The molecule has 0 bridgehead atoms. The van der Waals surface area contributed by atoms with E-state index < -0.39 is 0 Å². The number of nitriles is 1. The Kier molecular flexibility index (Phi) is 3.10. The van der Waals surface area contributed by atoms with Gasteiger partial charge < -0.3 is 0 Å². The van der Waals surface area contributed by atoms with Crippen molar-refractivity contribution in [2.75, 3.05) is 0 Å². The number of benzene rings is 2. The molecule has 0 saturated heterocycles. The number of rotatable bonds is 1. The molecule has 0 aliphatic carbocycles. The molecule has 0 aromatic heterocycles. The van der Waals surface area contributed by atoms with Crippen LogP contribution in [0.25, 0.3) is 16.0 Å². The quantitative estimate of drug-likeness (QED) is 0.676. The van der Waals surface area contributed by atoms with Crippen molar-refractivity contribution in [2.45, 2.75) is 0 Å². The summed E-state index contributed by atoms with van der Waals surface area (Å²) < 4.78 is 0. The van der Waals surface area contributed by atoms with Gasteiger partial charge in [0.25, 0.3) is 0 Å². The molecule has 17 heavy (non-hydrogen) atoms. The molecule has 2 aromatic rings. The summed E-state index contributed by atoms with van der Waals surface area (Å²) in [5.74, 6) is 0. The van der Waals surface area contributed by atoms with Gasteiger partial charge in [0.05, 0.1) is 18.2 Å². The van der Waals surface area contributed by atoms with Crippen molar-refractivity contribution in [3.05, 3.63) is 64.5 Å². The van der Waals surface area contributed by atoms with Gasteiger partial charge in [0.2, 0.25) is 5.69 Å². The minimum absolute atomic E-state index is 0.446. The second-order valence-corrected chi connectivity index (χ2v) is 3.87. The Morgan fingerprint density at radius 1 is 1.06 bits per heavy atom. The summed E-state index contributed by atoms with van der Waals surface area (Å²) in [5, 5.41) is 9.15. The Balaban J connectivity index is 2.44. The van der Waals surface area contributed by atoms with Gasteiger partial charge in [-0.25, -0.2) is 4.85 Å². The van der Waals surface area contributed by atoms with Crippen molar-refractivity contribution in [1.29, 1.82) is 5.26 Å². The first-order valence-corrected chi connectivity index (χ1v) is 5.30. The number of hydrogen-bond acceptors (Lipinski definition) is 1. The van der Waals surface area contributed by atoms with Crippen LogP contribution in [0.2, 0.25) is 5.02 Å². The van der Waals surface area contributed by atoms with E-state index in [0.29, 0.717) is 16.3 Å². The number of nitrogens with zero attached hydrogens (tertiary/aromatic N) is 2. The van der Waals surface area contributed by atoms with Gasteiger partial charge in [-0.15, -0.1) is 0 Å². The average Bonchev–Trinajstić information content (AvgIpc) is 2.39. The maximum absolute atomic E-state index is 8.71. The molecule has 0 N–H and O–H groups in total. The molecular formula is C14H7ClN2. The van der Waals surface area contributed by atoms with Gasteiger partial charge >= 0.3 is 0 Å². The van der Waals surface area contributed by atoms with Gasteiger partial charge in [0.1, 0.15) is 0 Å². The summed E-state index contributed by atoms with van der Waals surface area (Å²) in [5.41, 5.74) is 2.98. The molecule has 0 unspecified atom stereocenters. The van der Waals surface area contributed by atoms with E-state index in [1.54, 1.807) is 24.3 Å². The molecule has 2 aromatic carbocycles. The normalized spacial score (nSPS) is 9.35. The Bertz CT molecular complexity index is 631. The van der Waals surface area contributed by atoms with E-state index in [-0.39, 0.29) is 0 Å². The van der Waals surface area contributed by atoms with E-state index in [2.05, 4.69) is 10.9 Å². The van der Waals surface area contributed by atoms with Crippen molar-refractivity contribution < 1.29 is 0 Å². The second kappa shape index (κ2) is 4.70. The van der Waals surface area contributed by atoms with E-state index in [1.165, 1.54) is 0 Å². The predicted octanol–water partition coefficient (Wildman–Crippen LogP) is 4.43. The van der Waals surface area contributed by atoms with Crippen LogP contribution < -0.4 is 0 Å². The third-order valence-electron chi connectivity index (χ3n) is 2.42. The monoisotopic (exact) mass is 238 g/mol. The van der Waals surface area contributed by atoms with Gasteiger partial charge in [0.15, 0.2) is 0 Å². The van der Waals surface area contributed by atoms with Gasteiger partial charge in [-0.1, -0.05) is 35.9 Å².